The number of Topliss-reactive ketones (excluding diaryl/α,β-unsaturated/α-hetero) is 1. The number of carbonyl (C=O) groups is 1. The van der Waals surface area contributed by atoms with Crippen LogP contribution in [0.2, 0.25) is 0 Å². The van der Waals surface area contributed by atoms with Crippen LogP contribution in [0, 0.1) is 17.0 Å². The maximum absolute atomic E-state index is 13.0. The van der Waals surface area contributed by atoms with E-state index in [-0.39, 0.29) is 28.4 Å². The van der Waals surface area contributed by atoms with Crippen LogP contribution in [0.1, 0.15) is 26.5 Å². The van der Waals surface area contributed by atoms with Gasteiger partial charge in [0.05, 0.1) is 38.2 Å². The number of nitro groups is 1. The third-order valence-electron chi connectivity index (χ3n) is 4.99. The Bertz CT molecular complexity index is 1290. The number of aliphatic hydroxyl groups is 1. The molecule has 0 saturated carbocycles. The van der Waals surface area contributed by atoms with E-state index < -0.39 is 15.4 Å². The predicted molar refractivity (Wildman–Crippen MR) is 112 cm³/mol. The SMILES string of the molecule is CC(=O)C1=C2C(=C(C)n3c(=O)c(N=Nc4cccc([N+](=O)[O-])c4)c(C)n32)SC1(C)O. The summed E-state index contributed by atoms with van der Waals surface area (Å²) in [5, 5.41) is 29.7. The molecule has 0 radical (unpaired) electrons. The highest BCUT2D eigenvalue weighted by Gasteiger charge is 2.47. The summed E-state index contributed by atoms with van der Waals surface area (Å²) in [5.41, 5.74) is 1.42. The summed E-state index contributed by atoms with van der Waals surface area (Å²) in [6.45, 7) is 6.31. The lowest BCUT2D eigenvalue weighted by atomic mass is 10.0. The Labute approximate surface area is 174 Å². The third kappa shape index (κ3) is 2.77. The zero-order valence-corrected chi connectivity index (χ0v) is 17.4. The van der Waals surface area contributed by atoms with Gasteiger partial charge in [0.15, 0.2) is 11.5 Å². The van der Waals surface area contributed by atoms with Crippen molar-refractivity contribution in [2.45, 2.75) is 32.6 Å². The van der Waals surface area contributed by atoms with Gasteiger partial charge in [-0.15, -0.1) is 5.11 Å². The number of fused-ring (bicyclic) bond motifs is 3. The van der Waals surface area contributed by atoms with E-state index in [9.17, 15) is 24.8 Å². The molecule has 1 aromatic heterocycles. The van der Waals surface area contributed by atoms with Crippen LogP contribution in [0.4, 0.5) is 17.1 Å². The van der Waals surface area contributed by atoms with Crippen molar-refractivity contribution in [2.24, 2.45) is 10.2 Å². The van der Waals surface area contributed by atoms with Gasteiger partial charge in [0.25, 0.3) is 11.2 Å². The van der Waals surface area contributed by atoms with Gasteiger partial charge in [-0.3, -0.25) is 19.7 Å². The molecule has 11 heteroatoms. The van der Waals surface area contributed by atoms with Crippen LogP contribution >= 0.6 is 11.8 Å². The molecule has 0 amide bonds. The smallest absolute Gasteiger partial charge is 0.299 e. The number of rotatable bonds is 4. The van der Waals surface area contributed by atoms with E-state index >= 15 is 0 Å². The van der Waals surface area contributed by atoms with Crippen molar-refractivity contribution in [3.8, 4) is 0 Å². The summed E-state index contributed by atoms with van der Waals surface area (Å²) >= 11 is 1.12. The van der Waals surface area contributed by atoms with Crippen LogP contribution in [0.5, 0.6) is 0 Å². The molecular formula is C19H17N5O5S. The first-order valence-electron chi connectivity index (χ1n) is 8.94. The Morgan fingerprint density at radius 1 is 1.27 bits per heavy atom. The molecule has 0 spiro atoms. The van der Waals surface area contributed by atoms with Gasteiger partial charge in [-0.2, -0.15) is 5.11 Å². The molecule has 30 heavy (non-hydrogen) atoms. The van der Waals surface area contributed by atoms with Crippen molar-refractivity contribution < 1.29 is 14.8 Å². The molecule has 0 saturated heterocycles. The summed E-state index contributed by atoms with van der Waals surface area (Å²) in [6, 6.07) is 5.61. The average Bonchev–Trinajstić information content (AvgIpc) is 3.19. The second-order valence-corrected chi connectivity index (χ2v) is 8.53. The maximum Gasteiger partial charge on any atom is 0.299 e. The quantitative estimate of drug-likeness (QED) is 0.449. The Balaban J connectivity index is 1.88. The summed E-state index contributed by atoms with van der Waals surface area (Å²) in [4.78, 5) is 34.9. The first kappa shape index (κ1) is 20.0. The van der Waals surface area contributed by atoms with Gasteiger partial charge in [-0.25, -0.2) is 9.36 Å². The van der Waals surface area contributed by atoms with Gasteiger partial charge in [-0.05, 0) is 33.8 Å². The largest absolute Gasteiger partial charge is 0.375 e. The maximum atomic E-state index is 13.0. The van der Waals surface area contributed by atoms with Crippen LogP contribution in [-0.4, -0.2) is 30.1 Å². The van der Waals surface area contributed by atoms with Gasteiger partial charge < -0.3 is 5.11 Å². The van der Waals surface area contributed by atoms with Crippen LogP contribution in [0.25, 0.3) is 11.4 Å². The van der Waals surface area contributed by atoms with Crippen molar-refractivity contribution in [3.63, 3.8) is 0 Å². The topological polar surface area (TPSA) is 132 Å². The monoisotopic (exact) mass is 427 g/mol. The number of ketones is 1. The molecule has 1 atom stereocenters. The lowest BCUT2D eigenvalue weighted by Crippen LogP contribution is -2.26. The third-order valence-corrected chi connectivity index (χ3v) is 6.28. The molecule has 0 bridgehead atoms. The van der Waals surface area contributed by atoms with E-state index in [0.717, 1.165) is 11.8 Å². The van der Waals surface area contributed by atoms with Crippen molar-refractivity contribution in [1.29, 1.82) is 0 Å². The van der Waals surface area contributed by atoms with Crippen molar-refractivity contribution in [2.75, 3.05) is 0 Å². The first-order valence-corrected chi connectivity index (χ1v) is 9.76. The lowest BCUT2D eigenvalue weighted by molar-refractivity contribution is -0.384. The fourth-order valence-electron chi connectivity index (χ4n) is 3.73. The van der Waals surface area contributed by atoms with E-state index in [4.69, 9.17) is 0 Å². The summed E-state index contributed by atoms with van der Waals surface area (Å²) in [7, 11) is 0. The summed E-state index contributed by atoms with van der Waals surface area (Å²) in [5.74, 6) is -0.293. The second-order valence-electron chi connectivity index (χ2n) is 7.12. The highest BCUT2D eigenvalue weighted by atomic mass is 32.2. The number of thioether (sulfide) groups is 1. The molecule has 4 rings (SSSR count). The number of non-ortho nitro benzene ring substituents is 1. The molecule has 154 valence electrons. The van der Waals surface area contributed by atoms with Gasteiger partial charge in [-0.1, -0.05) is 17.8 Å². The molecule has 0 aliphatic carbocycles. The zero-order chi connectivity index (χ0) is 22.0. The minimum atomic E-state index is -1.40. The van der Waals surface area contributed by atoms with Crippen molar-refractivity contribution in [1.82, 2.24) is 9.36 Å². The molecule has 2 aliphatic heterocycles. The normalized spacial score (nSPS) is 20.3. The van der Waals surface area contributed by atoms with Gasteiger partial charge in [0.2, 0.25) is 0 Å². The van der Waals surface area contributed by atoms with Crippen LogP contribution in [-0.2, 0) is 4.79 Å². The molecule has 10 nitrogen and oxygen atoms in total. The highest BCUT2D eigenvalue weighted by molar-refractivity contribution is 8.05. The summed E-state index contributed by atoms with van der Waals surface area (Å²) in [6.07, 6.45) is 0. The predicted octanol–water partition coefficient (Wildman–Crippen LogP) is 3.74. The molecule has 0 fully saturated rings. The second kappa shape index (κ2) is 6.61. The number of benzene rings is 1. The molecule has 3 heterocycles. The zero-order valence-electron chi connectivity index (χ0n) is 16.5. The summed E-state index contributed by atoms with van der Waals surface area (Å²) < 4.78 is 2.97. The van der Waals surface area contributed by atoms with E-state index in [2.05, 4.69) is 10.2 Å². The molecule has 2 aromatic rings. The lowest BCUT2D eigenvalue weighted by Gasteiger charge is -2.19. The number of azo groups is 1. The molecule has 1 unspecified atom stereocenters. The van der Waals surface area contributed by atoms with Crippen molar-refractivity contribution in [3.05, 3.63) is 60.9 Å². The fraction of sp³-hybridized carbons (Fsp3) is 0.263. The fourth-order valence-corrected chi connectivity index (χ4v) is 4.99. The van der Waals surface area contributed by atoms with Gasteiger partial charge in [0, 0.05) is 12.1 Å². The molecule has 1 aromatic carbocycles. The van der Waals surface area contributed by atoms with Gasteiger partial charge >= 0.3 is 0 Å². The van der Waals surface area contributed by atoms with E-state index in [0.29, 0.717) is 22.0 Å². The highest BCUT2D eigenvalue weighted by Crippen LogP contribution is 2.55. The number of nitrogens with zero attached hydrogens (tertiary/aromatic N) is 5. The van der Waals surface area contributed by atoms with Crippen LogP contribution < -0.4 is 5.56 Å². The Kier molecular flexibility index (Phi) is 4.40. The Hall–Kier alpha value is -3.31. The minimum Gasteiger partial charge on any atom is -0.375 e. The number of hydrogen-bond acceptors (Lipinski definition) is 8. The van der Waals surface area contributed by atoms with E-state index in [1.807, 2.05) is 0 Å². The standard InChI is InChI=1S/C19H17N5O5S/c1-9-15(21-20-12-6-5-7-13(8-12)24(28)29)18(26)23-10(2)17-16(22(9)23)14(11(3)25)19(4,27)30-17/h5-8,27H,1-4H3. The number of aromatic nitrogens is 2. The molecular weight excluding hydrogens is 410 g/mol. The number of hydrogen-bond donors (Lipinski definition) is 1. The van der Waals surface area contributed by atoms with Gasteiger partial charge in [0.1, 0.15) is 4.93 Å². The van der Waals surface area contributed by atoms with E-state index in [1.165, 1.54) is 35.9 Å². The average molecular weight is 427 g/mol. The molecule has 2 aliphatic rings. The molecule has 1 N–H and O–H groups in total. The van der Waals surface area contributed by atoms with E-state index in [1.54, 1.807) is 25.5 Å². The number of nitro benzene ring substituents is 1. The minimum absolute atomic E-state index is 0.0480. The van der Waals surface area contributed by atoms with Crippen LogP contribution in [0.15, 0.2) is 49.8 Å². The number of allylic oxidation sites excluding steroid dienone is 2. The van der Waals surface area contributed by atoms with Crippen molar-refractivity contribution >= 4 is 46.0 Å². The Morgan fingerprint density at radius 2 is 1.97 bits per heavy atom. The first-order chi connectivity index (χ1) is 14.0. The number of carbonyl (C=O) groups excluding carboxylic acids is 1. The Morgan fingerprint density at radius 3 is 2.60 bits per heavy atom. The van der Waals surface area contributed by atoms with Crippen LogP contribution in [0.3, 0.4) is 0 Å².